The van der Waals surface area contributed by atoms with E-state index in [1.165, 1.54) is 0 Å². The van der Waals surface area contributed by atoms with E-state index < -0.39 is 39.2 Å². The van der Waals surface area contributed by atoms with Crippen molar-refractivity contribution in [3.05, 3.63) is 38.7 Å². The lowest BCUT2D eigenvalue weighted by atomic mass is 10.1. The van der Waals surface area contributed by atoms with Crippen molar-refractivity contribution in [1.82, 2.24) is 0 Å². The van der Waals surface area contributed by atoms with Crippen molar-refractivity contribution in [1.29, 1.82) is 5.26 Å². The van der Waals surface area contributed by atoms with Gasteiger partial charge in [0.05, 0.1) is 4.92 Å². The van der Waals surface area contributed by atoms with Gasteiger partial charge in [0.25, 0.3) is 0 Å². The molecule has 15 heavy (non-hydrogen) atoms. The Balaban J connectivity index is 3.80. The second-order valence-corrected chi connectivity index (χ2v) is 2.66. The first-order valence-corrected chi connectivity index (χ1v) is 3.63. The molecule has 1 rings (SSSR count). The second kappa shape index (κ2) is 3.57. The van der Waals surface area contributed by atoms with Crippen LogP contribution in [0.15, 0.2) is 0 Å². The van der Waals surface area contributed by atoms with Crippen LogP contribution in [-0.2, 0) is 0 Å². The summed E-state index contributed by atoms with van der Waals surface area (Å²) in [5.41, 5.74) is -3.33. The first-order chi connectivity index (χ1) is 6.91. The normalized spacial score (nSPS) is 9.80. The highest BCUT2D eigenvalue weighted by molar-refractivity contribution is 5.53. The third-order valence-corrected chi connectivity index (χ3v) is 1.81. The third-order valence-electron chi connectivity index (χ3n) is 1.81. The molecule has 0 radical (unpaired) electrons. The van der Waals surface area contributed by atoms with Crippen LogP contribution in [0.4, 0.5) is 18.9 Å². The molecule has 0 unspecified atom stereocenters. The van der Waals surface area contributed by atoms with E-state index in [2.05, 4.69) is 0 Å². The number of nitro groups is 1. The summed E-state index contributed by atoms with van der Waals surface area (Å²) in [5.74, 6) is -4.89. The molecule has 0 atom stereocenters. The number of hydrogen-bond acceptors (Lipinski definition) is 3. The van der Waals surface area contributed by atoms with E-state index in [-0.39, 0.29) is 0 Å². The smallest absolute Gasteiger partial charge is 0.258 e. The molecule has 78 valence electrons. The van der Waals surface area contributed by atoms with Gasteiger partial charge in [-0.05, 0) is 6.92 Å². The minimum absolute atomic E-state index is 0.755. The van der Waals surface area contributed by atoms with Gasteiger partial charge < -0.3 is 0 Å². The Bertz CT molecular complexity index is 494. The molecule has 0 aliphatic heterocycles. The Hall–Kier alpha value is -2.10. The van der Waals surface area contributed by atoms with Gasteiger partial charge in [-0.3, -0.25) is 10.1 Å². The Morgan fingerprint density at radius 2 is 1.80 bits per heavy atom. The van der Waals surface area contributed by atoms with Crippen molar-refractivity contribution < 1.29 is 18.1 Å². The molecule has 0 fully saturated rings. The Morgan fingerprint density at radius 3 is 2.20 bits per heavy atom. The van der Waals surface area contributed by atoms with Crippen LogP contribution >= 0.6 is 0 Å². The van der Waals surface area contributed by atoms with Gasteiger partial charge in [-0.15, -0.1) is 0 Å². The molecule has 4 nitrogen and oxygen atoms in total. The van der Waals surface area contributed by atoms with E-state index in [9.17, 15) is 23.3 Å². The monoisotopic (exact) mass is 216 g/mol. The van der Waals surface area contributed by atoms with Gasteiger partial charge in [-0.1, -0.05) is 0 Å². The maximum Gasteiger partial charge on any atom is 0.328 e. The van der Waals surface area contributed by atoms with Crippen molar-refractivity contribution in [3.63, 3.8) is 0 Å². The zero-order valence-electron chi connectivity index (χ0n) is 7.34. The van der Waals surface area contributed by atoms with Crippen LogP contribution in [0, 0.1) is 45.8 Å². The van der Waals surface area contributed by atoms with Crippen LogP contribution < -0.4 is 0 Å². The number of nitro benzene ring substituents is 1. The van der Waals surface area contributed by atoms with Gasteiger partial charge >= 0.3 is 5.69 Å². The van der Waals surface area contributed by atoms with E-state index in [1.54, 1.807) is 0 Å². The van der Waals surface area contributed by atoms with Gasteiger partial charge in [-0.2, -0.15) is 9.65 Å². The highest BCUT2D eigenvalue weighted by Crippen LogP contribution is 2.29. The first kappa shape index (κ1) is 11.0. The van der Waals surface area contributed by atoms with E-state index in [4.69, 9.17) is 5.26 Å². The molecular formula is C8H3F3N2O2. The van der Waals surface area contributed by atoms with Crippen LogP contribution in [0.1, 0.15) is 11.1 Å². The number of nitriles is 1. The SMILES string of the molecule is Cc1c(F)c(F)c([N+](=O)[O-])c(C#N)c1F. The fourth-order valence-electron chi connectivity index (χ4n) is 1.04. The topological polar surface area (TPSA) is 66.9 Å². The van der Waals surface area contributed by atoms with Crippen LogP contribution in [0.25, 0.3) is 0 Å². The maximum absolute atomic E-state index is 13.1. The van der Waals surface area contributed by atoms with Crippen molar-refractivity contribution in [2.24, 2.45) is 0 Å². The molecule has 0 heterocycles. The number of nitrogens with zero attached hydrogens (tertiary/aromatic N) is 2. The van der Waals surface area contributed by atoms with Crippen LogP contribution in [0.3, 0.4) is 0 Å². The molecule has 0 N–H and O–H groups in total. The minimum atomic E-state index is -1.82. The summed E-state index contributed by atoms with van der Waals surface area (Å²) in [6, 6.07) is 1.13. The molecule has 1 aromatic carbocycles. The Morgan fingerprint density at radius 1 is 1.27 bits per heavy atom. The average molecular weight is 216 g/mol. The summed E-state index contributed by atoms with van der Waals surface area (Å²) < 4.78 is 39.0. The van der Waals surface area contributed by atoms with Gasteiger partial charge in [0, 0.05) is 5.56 Å². The lowest BCUT2D eigenvalue weighted by molar-refractivity contribution is -0.388. The zero-order chi connectivity index (χ0) is 11.7. The van der Waals surface area contributed by atoms with Crippen LogP contribution in [0.2, 0.25) is 0 Å². The molecule has 1 aromatic rings. The van der Waals surface area contributed by atoms with Crippen molar-refractivity contribution in [3.8, 4) is 6.07 Å². The average Bonchev–Trinajstić information content (AvgIpc) is 2.19. The number of benzene rings is 1. The quantitative estimate of drug-likeness (QED) is 0.410. The predicted molar refractivity (Wildman–Crippen MR) is 42.4 cm³/mol. The van der Waals surface area contributed by atoms with Crippen LogP contribution in [0.5, 0.6) is 0 Å². The largest absolute Gasteiger partial charge is 0.328 e. The standard InChI is InChI=1S/C8H3F3N2O2/c1-3-5(9)4(2-12)8(13(14)15)7(11)6(3)10/h1H3. The van der Waals surface area contributed by atoms with Crippen molar-refractivity contribution in [2.75, 3.05) is 0 Å². The van der Waals surface area contributed by atoms with Crippen molar-refractivity contribution >= 4 is 5.69 Å². The number of hydrogen-bond donors (Lipinski definition) is 0. The first-order valence-electron chi connectivity index (χ1n) is 3.63. The fraction of sp³-hybridized carbons (Fsp3) is 0.125. The van der Waals surface area contributed by atoms with E-state index >= 15 is 0 Å². The molecule has 0 aliphatic carbocycles. The highest BCUT2D eigenvalue weighted by atomic mass is 19.2. The molecule has 0 saturated carbocycles. The highest BCUT2D eigenvalue weighted by Gasteiger charge is 2.30. The van der Waals surface area contributed by atoms with Gasteiger partial charge in [0.15, 0.2) is 17.2 Å². The third kappa shape index (κ3) is 1.50. The summed E-state index contributed by atoms with van der Waals surface area (Å²) in [5, 5.41) is 18.7. The summed E-state index contributed by atoms with van der Waals surface area (Å²) in [4.78, 5) is 8.96. The van der Waals surface area contributed by atoms with Gasteiger partial charge in [-0.25, -0.2) is 8.78 Å². The molecule has 0 amide bonds. The number of halogens is 3. The minimum Gasteiger partial charge on any atom is -0.258 e. The number of rotatable bonds is 1. The summed E-state index contributed by atoms with van der Waals surface area (Å²) in [7, 11) is 0. The zero-order valence-corrected chi connectivity index (χ0v) is 7.34. The molecule has 0 bridgehead atoms. The molecule has 0 spiro atoms. The predicted octanol–water partition coefficient (Wildman–Crippen LogP) is 2.19. The molecule has 0 aliphatic rings. The van der Waals surface area contributed by atoms with E-state index in [0.29, 0.717) is 0 Å². The van der Waals surface area contributed by atoms with Gasteiger partial charge in [0.2, 0.25) is 5.82 Å². The Labute approximate surface area is 81.7 Å². The summed E-state index contributed by atoms with van der Waals surface area (Å²) >= 11 is 0. The van der Waals surface area contributed by atoms with Crippen LogP contribution in [-0.4, -0.2) is 4.92 Å². The maximum atomic E-state index is 13.1. The van der Waals surface area contributed by atoms with E-state index in [1.807, 2.05) is 0 Å². The van der Waals surface area contributed by atoms with Gasteiger partial charge in [0.1, 0.15) is 6.07 Å². The summed E-state index contributed by atoms with van der Waals surface area (Å²) in [6.45, 7) is 0.887. The molecule has 0 aromatic heterocycles. The lowest BCUT2D eigenvalue weighted by Crippen LogP contribution is -2.05. The second-order valence-electron chi connectivity index (χ2n) is 2.66. The molecule has 0 saturated heterocycles. The molecular weight excluding hydrogens is 213 g/mol. The fourth-order valence-corrected chi connectivity index (χ4v) is 1.04. The molecule has 7 heteroatoms. The van der Waals surface area contributed by atoms with E-state index in [0.717, 1.165) is 13.0 Å². The summed E-state index contributed by atoms with van der Waals surface area (Å²) in [6.07, 6.45) is 0. The van der Waals surface area contributed by atoms with Crippen molar-refractivity contribution in [2.45, 2.75) is 6.92 Å². The Kier molecular flexibility index (Phi) is 2.61. The lowest BCUT2D eigenvalue weighted by Gasteiger charge is -2.03.